The highest BCUT2D eigenvalue weighted by Gasteiger charge is 2.43. The number of methoxy groups -OCH3 is 1. The van der Waals surface area contributed by atoms with Gasteiger partial charge in [0.25, 0.3) is 0 Å². The van der Waals surface area contributed by atoms with E-state index in [1.807, 2.05) is 34.9 Å². The van der Waals surface area contributed by atoms with Gasteiger partial charge in [0.1, 0.15) is 12.1 Å². The zero-order valence-electron chi connectivity index (χ0n) is 26.8. The lowest BCUT2D eigenvalue weighted by atomic mass is 9.84. The lowest BCUT2D eigenvalue weighted by molar-refractivity contribution is -0.153. The van der Waals surface area contributed by atoms with Gasteiger partial charge in [0.05, 0.1) is 19.2 Å². The normalized spacial score (nSPS) is 26.0. The van der Waals surface area contributed by atoms with E-state index >= 15 is 0 Å². The first-order valence-electron chi connectivity index (χ1n) is 15.7. The van der Waals surface area contributed by atoms with Crippen molar-refractivity contribution in [3.05, 3.63) is 0 Å². The minimum absolute atomic E-state index is 0.00878. The van der Waals surface area contributed by atoms with E-state index in [4.69, 9.17) is 4.74 Å². The number of likely N-dealkylation sites (tertiary alicyclic amines) is 3. The molecule has 0 bridgehead atoms. The highest BCUT2D eigenvalue weighted by Crippen LogP contribution is 2.28. The van der Waals surface area contributed by atoms with Crippen molar-refractivity contribution < 1.29 is 23.9 Å². The van der Waals surface area contributed by atoms with E-state index in [0.717, 1.165) is 58.0 Å². The van der Waals surface area contributed by atoms with Crippen molar-refractivity contribution in [3.8, 4) is 0 Å². The number of ether oxygens (including phenoxy) is 1. The highest BCUT2D eigenvalue weighted by atomic mass is 16.5. The first-order chi connectivity index (χ1) is 19.3. The van der Waals surface area contributed by atoms with Gasteiger partial charge in [-0.25, -0.2) is 4.79 Å². The maximum atomic E-state index is 14.1. The van der Waals surface area contributed by atoms with E-state index in [1.54, 1.807) is 9.80 Å². The first-order valence-corrected chi connectivity index (χ1v) is 15.7. The van der Waals surface area contributed by atoms with Crippen LogP contribution in [0.5, 0.6) is 0 Å². The summed E-state index contributed by atoms with van der Waals surface area (Å²) in [5, 5.41) is 3.13. The summed E-state index contributed by atoms with van der Waals surface area (Å²) in [4.78, 5) is 61.4. The summed E-state index contributed by atoms with van der Waals surface area (Å²) in [5.41, 5.74) is -0.474. The Morgan fingerprint density at radius 2 is 1.51 bits per heavy atom. The second kappa shape index (κ2) is 14.3. The van der Waals surface area contributed by atoms with Gasteiger partial charge in [-0.05, 0) is 70.0 Å². The molecule has 0 spiro atoms. The van der Waals surface area contributed by atoms with Crippen LogP contribution in [-0.2, 0) is 23.9 Å². The van der Waals surface area contributed by atoms with Gasteiger partial charge in [0.15, 0.2) is 0 Å². The van der Waals surface area contributed by atoms with Crippen LogP contribution < -0.4 is 5.32 Å². The van der Waals surface area contributed by atoms with Gasteiger partial charge in [-0.1, -0.05) is 47.5 Å². The third-order valence-electron chi connectivity index (χ3n) is 9.42. The third kappa shape index (κ3) is 8.00. The molecule has 0 saturated carbocycles. The first kappa shape index (κ1) is 33.3. The summed E-state index contributed by atoms with van der Waals surface area (Å²) in [6.45, 7) is 13.0. The van der Waals surface area contributed by atoms with E-state index in [0.29, 0.717) is 19.5 Å². The molecule has 3 fully saturated rings. The van der Waals surface area contributed by atoms with Crippen molar-refractivity contribution in [2.24, 2.45) is 11.3 Å². The number of piperidine rings is 2. The summed E-state index contributed by atoms with van der Waals surface area (Å²) in [6.07, 6.45) is 7.01. The summed E-state index contributed by atoms with van der Waals surface area (Å²) in [5.74, 6) is -0.406. The van der Waals surface area contributed by atoms with Crippen LogP contribution in [0.15, 0.2) is 0 Å². The van der Waals surface area contributed by atoms with Crippen molar-refractivity contribution in [1.82, 2.24) is 24.9 Å². The van der Waals surface area contributed by atoms with E-state index < -0.39 is 17.5 Å². The summed E-state index contributed by atoms with van der Waals surface area (Å²) in [6, 6.07) is -1.86. The number of nitrogens with zero attached hydrogens (tertiary/aromatic N) is 4. The van der Waals surface area contributed by atoms with Crippen molar-refractivity contribution in [2.45, 2.75) is 116 Å². The van der Waals surface area contributed by atoms with Crippen LogP contribution in [0.3, 0.4) is 0 Å². The molecule has 5 unspecified atom stereocenters. The molecule has 3 amide bonds. The molecule has 0 aromatic carbocycles. The van der Waals surface area contributed by atoms with Crippen LogP contribution in [0.25, 0.3) is 0 Å². The van der Waals surface area contributed by atoms with Gasteiger partial charge in [-0.3, -0.25) is 24.2 Å². The zero-order valence-corrected chi connectivity index (χ0v) is 26.8. The Kier molecular flexibility index (Phi) is 11.6. The molecule has 3 aliphatic heterocycles. The van der Waals surface area contributed by atoms with Crippen LogP contribution in [0.1, 0.15) is 86.0 Å². The van der Waals surface area contributed by atoms with Crippen LogP contribution in [0.4, 0.5) is 0 Å². The molecule has 3 aliphatic rings. The van der Waals surface area contributed by atoms with Crippen molar-refractivity contribution >= 4 is 23.7 Å². The Hall–Kier alpha value is -2.20. The number of hydrogen-bond acceptors (Lipinski definition) is 7. The van der Waals surface area contributed by atoms with Crippen molar-refractivity contribution in [2.75, 3.05) is 47.4 Å². The molecule has 3 saturated heterocycles. The average molecular weight is 578 g/mol. The molecular weight excluding hydrogens is 522 g/mol. The second-order valence-electron chi connectivity index (χ2n) is 13.8. The van der Waals surface area contributed by atoms with Crippen LogP contribution in [0.2, 0.25) is 0 Å². The van der Waals surface area contributed by atoms with Gasteiger partial charge < -0.3 is 19.9 Å². The van der Waals surface area contributed by atoms with Crippen LogP contribution >= 0.6 is 0 Å². The number of likely N-dealkylation sites (N-methyl/N-ethyl adjacent to an activating group) is 2. The standard InChI is InChI=1S/C31H55N5O5/c1-21(2)25(20-35-18-12-10-15-23(35)28(38)36-19-13-16-24(36)30(40)41-8)34(7)29(39)26(31(3,4)5)32-27(37)22-14-9-11-17-33(22)6/h21-26H,9-20H2,1-8H3,(H,32,37). The Morgan fingerprint density at radius 1 is 0.902 bits per heavy atom. The summed E-state index contributed by atoms with van der Waals surface area (Å²) < 4.78 is 4.98. The van der Waals surface area contributed by atoms with E-state index in [-0.39, 0.29) is 47.7 Å². The minimum atomic E-state index is -0.666. The lowest BCUT2D eigenvalue weighted by Gasteiger charge is -2.44. The quantitative estimate of drug-likeness (QED) is 0.420. The molecule has 41 heavy (non-hydrogen) atoms. The number of amides is 3. The fourth-order valence-electron chi connectivity index (χ4n) is 6.77. The molecule has 234 valence electrons. The van der Waals surface area contributed by atoms with E-state index in [2.05, 4.69) is 29.0 Å². The molecule has 10 nitrogen and oxygen atoms in total. The molecule has 0 aromatic rings. The maximum absolute atomic E-state index is 14.1. The SMILES string of the molecule is COC(=O)C1CCCN1C(=O)C1CCCCN1CC(C(C)C)N(C)C(=O)C(NC(=O)C1CCCCN1C)C(C)(C)C. The van der Waals surface area contributed by atoms with Gasteiger partial charge >= 0.3 is 5.97 Å². The summed E-state index contributed by atoms with van der Waals surface area (Å²) >= 11 is 0. The predicted molar refractivity (Wildman–Crippen MR) is 159 cm³/mol. The van der Waals surface area contributed by atoms with Crippen LogP contribution in [-0.4, -0.2) is 121 Å². The molecule has 0 radical (unpaired) electrons. The van der Waals surface area contributed by atoms with Gasteiger partial charge in [0, 0.05) is 26.2 Å². The zero-order chi connectivity index (χ0) is 30.5. The molecule has 3 rings (SSSR count). The fraction of sp³-hybridized carbons (Fsp3) is 0.871. The number of carbonyl (C=O) groups excluding carboxylic acids is 4. The Labute approximate surface area is 247 Å². The number of nitrogens with one attached hydrogen (secondary N) is 1. The lowest BCUT2D eigenvalue weighted by Crippen LogP contribution is -2.62. The topological polar surface area (TPSA) is 102 Å². The Balaban J connectivity index is 1.77. The molecule has 0 aliphatic carbocycles. The van der Waals surface area contributed by atoms with Crippen molar-refractivity contribution in [1.29, 1.82) is 0 Å². The molecule has 0 aromatic heterocycles. The number of esters is 1. The highest BCUT2D eigenvalue weighted by molar-refractivity contribution is 5.90. The van der Waals surface area contributed by atoms with Gasteiger partial charge in [-0.2, -0.15) is 0 Å². The third-order valence-corrected chi connectivity index (χ3v) is 9.42. The molecule has 3 heterocycles. The van der Waals surface area contributed by atoms with Gasteiger partial charge in [-0.15, -0.1) is 0 Å². The van der Waals surface area contributed by atoms with E-state index in [1.165, 1.54) is 7.11 Å². The van der Waals surface area contributed by atoms with Gasteiger partial charge in [0.2, 0.25) is 17.7 Å². The second-order valence-corrected chi connectivity index (χ2v) is 13.8. The Morgan fingerprint density at radius 3 is 2.10 bits per heavy atom. The summed E-state index contributed by atoms with van der Waals surface area (Å²) in [7, 11) is 5.18. The maximum Gasteiger partial charge on any atom is 0.328 e. The fourth-order valence-corrected chi connectivity index (χ4v) is 6.77. The van der Waals surface area contributed by atoms with Crippen LogP contribution in [0, 0.1) is 11.3 Å². The molecule has 1 N–H and O–H groups in total. The largest absolute Gasteiger partial charge is 0.467 e. The molecule has 5 atom stereocenters. The molecular formula is C31H55N5O5. The number of hydrogen-bond donors (Lipinski definition) is 1. The predicted octanol–water partition coefficient (Wildman–Crippen LogP) is 2.50. The van der Waals surface area contributed by atoms with E-state index in [9.17, 15) is 19.2 Å². The Bertz CT molecular complexity index is 934. The smallest absolute Gasteiger partial charge is 0.328 e. The number of rotatable bonds is 9. The van der Waals surface area contributed by atoms with Crippen molar-refractivity contribution in [3.63, 3.8) is 0 Å². The number of carbonyl (C=O) groups is 4. The monoisotopic (exact) mass is 577 g/mol. The minimum Gasteiger partial charge on any atom is -0.467 e. The average Bonchev–Trinajstić information content (AvgIpc) is 3.42. The molecule has 10 heteroatoms.